The standard InChI is InChI=1S/C14H17FN2O3/c1-9-8-10(4-5-11(9)20-3)14(2)12(18)17(7-6-15)13(19)16-14/h4-5,8H,6-7H2,1-3H3,(H,16,19). The first-order valence-corrected chi connectivity index (χ1v) is 6.29. The van der Waals surface area contributed by atoms with Gasteiger partial charge < -0.3 is 10.1 Å². The molecule has 1 N–H and O–H groups in total. The number of nitrogens with one attached hydrogen (secondary N) is 1. The Labute approximate surface area is 116 Å². The quantitative estimate of drug-likeness (QED) is 0.855. The molecule has 0 saturated carbocycles. The van der Waals surface area contributed by atoms with Crippen molar-refractivity contribution in [2.75, 3.05) is 20.3 Å². The van der Waals surface area contributed by atoms with Crippen LogP contribution in [0.1, 0.15) is 18.1 Å². The predicted octanol–water partition coefficient (Wildman–Crippen LogP) is 1.74. The van der Waals surface area contributed by atoms with Gasteiger partial charge in [-0.2, -0.15) is 0 Å². The molecule has 1 unspecified atom stereocenters. The maximum atomic E-state index is 12.4. The van der Waals surface area contributed by atoms with Gasteiger partial charge in [0, 0.05) is 0 Å². The molecule has 0 bridgehead atoms. The molecule has 0 aromatic heterocycles. The number of nitrogens with zero attached hydrogens (tertiary/aromatic N) is 1. The summed E-state index contributed by atoms with van der Waals surface area (Å²) in [5.41, 5.74) is 0.344. The van der Waals surface area contributed by atoms with Gasteiger partial charge in [-0.3, -0.25) is 9.69 Å². The van der Waals surface area contributed by atoms with E-state index in [0.717, 1.165) is 10.5 Å². The Morgan fingerprint density at radius 2 is 2.10 bits per heavy atom. The normalized spacial score (nSPS) is 22.1. The molecule has 0 spiro atoms. The molecule has 1 aromatic carbocycles. The van der Waals surface area contributed by atoms with Gasteiger partial charge in [0.2, 0.25) is 0 Å². The number of rotatable bonds is 4. The number of urea groups is 1. The lowest BCUT2D eigenvalue weighted by Gasteiger charge is -2.23. The minimum Gasteiger partial charge on any atom is -0.496 e. The number of hydrogen-bond donors (Lipinski definition) is 1. The first kappa shape index (κ1) is 14.3. The van der Waals surface area contributed by atoms with Crippen molar-refractivity contribution in [2.45, 2.75) is 19.4 Å². The second kappa shape index (κ2) is 5.11. The van der Waals surface area contributed by atoms with E-state index in [-0.39, 0.29) is 6.54 Å². The fourth-order valence-corrected chi connectivity index (χ4v) is 2.37. The van der Waals surface area contributed by atoms with Crippen LogP contribution in [0.3, 0.4) is 0 Å². The molecule has 1 atom stereocenters. The molecule has 1 saturated heterocycles. The highest BCUT2D eigenvalue weighted by Gasteiger charge is 2.48. The smallest absolute Gasteiger partial charge is 0.325 e. The molecule has 5 nitrogen and oxygen atoms in total. The zero-order chi connectivity index (χ0) is 14.9. The molecule has 2 rings (SSSR count). The number of methoxy groups -OCH3 is 1. The summed E-state index contributed by atoms with van der Waals surface area (Å²) < 4.78 is 17.6. The van der Waals surface area contributed by atoms with Crippen molar-refractivity contribution in [2.24, 2.45) is 0 Å². The molecule has 20 heavy (non-hydrogen) atoms. The third-order valence-electron chi connectivity index (χ3n) is 3.56. The van der Waals surface area contributed by atoms with Crippen LogP contribution in [-0.4, -0.2) is 37.2 Å². The van der Waals surface area contributed by atoms with Crippen LogP contribution in [-0.2, 0) is 10.3 Å². The SMILES string of the molecule is COc1ccc(C2(C)NC(=O)N(CCF)C2=O)cc1C. The summed E-state index contributed by atoms with van der Waals surface area (Å²) >= 11 is 0. The zero-order valence-corrected chi connectivity index (χ0v) is 11.7. The highest BCUT2D eigenvalue weighted by Crippen LogP contribution is 2.31. The van der Waals surface area contributed by atoms with Gasteiger partial charge in [0.25, 0.3) is 5.91 Å². The van der Waals surface area contributed by atoms with Crippen molar-refractivity contribution >= 4 is 11.9 Å². The minimum absolute atomic E-state index is 0.227. The fourth-order valence-electron chi connectivity index (χ4n) is 2.37. The summed E-state index contributed by atoms with van der Waals surface area (Å²) in [6, 6.07) is 4.69. The largest absolute Gasteiger partial charge is 0.496 e. The topological polar surface area (TPSA) is 58.6 Å². The predicted molar refractivity (Wildman–Crippen MR) is 71.3 cm³/mol. The summed E-state index contributed by atoms with van der Waals surface area (Å²) in [7, 11) is 1.56. The summed E-state index contributed by atoms with van der Waals surface area (Å²) in [6.07, 6.45) is 0. The molecule has 6 heteroatoms. The monoisotopic (exact) mass is 280 g/mol. The number of imide groups is 1. The van der Waals surface area contributed by atoms with Crippen molar-refractivity contribution in [1.82, 2.24) is 10.2 Å². The van der Waals surface area contributed by atoms with Crippen LogP contribution >= 0.6 is 0 Å². The number of halogens is 1. The highest BCUT2D eigenvalue weighted by molar-refractivity contribution is 6.07. The van der Waals surface area contributed by atoms with E-state index in [1.807, 2.05) is 6.92 Å². The first-order chi connectivity index (χ1) is 9.43. The average Bonchev–Trinajstić information content (AvgIpc) is 2.64. The van der Waals surface area contributed by atoms with Gasteiger partial charge in [-0.1, -0.05) is 6.07 Å². The van der Waals surface area contributed by atoms with Crippen molar-refractivity contribution in [3.8, 4) is 5.75 Å². The van der Waals surface area contributed by atoms with E-state index in [1.165, 1.54) is 0 Å². The van der Waals surface area contributed by atoms with E-state index < -0.39 is 24.2 Å². The number of amides is 3. The van der Waals surface area contributed by atoms with Gasteiger partial charge in [0.1, 0.15) is 18.0 Å². The zero-order valence-electron chi connectivity index (χ0n) is 11.7. The average molecular weight is 280 g/mol. The van der Waals surface area contributed by atoms with E-state index >= 15 is 0 Å². The maximum Gasteiger partial charge on any atom is 0.325 e. The Morgan fingerprint density at radius 3 is 2.65 bits per heavy atom. The molecule has 108 valence electrons. The van der Waals surface area contributed by atoms with Crippen molar-refractivity contribution in [3.63, 3.8) is 0 Å². The van der Waals surface area contributed by atoms with Gasteiger partial charge >= 0.3 is 6.03 Å². The lowest BCUT2D eigenvalue weighted by atomic mass is 9.90. The fraction of sp³-hybridized carbons (Fsp3) is 0.429. The Balaban J connectivity index is 2.39. The van der Waals surface area contributed by atoms with E-state index in [2.05, 4.69) is 5.32 Å². The number of benzene rings is 1. The number of hydrogen-bond acceptors (Lipinski definition) is 3. The molecular formula is C14H17FN2O3. The molecule has 1 aromatic rings. The molecule has 3 amide bonds. The summed E-state index contributed by atoms with van der Waals surface area (Å²) in [6.45, 7) is 2.49. The summed E-state index contributed by atoms with van der Waals surface area (Å²) in [5, 5.41) is 2.63. The third-order valence-corrected chi connectivity index (χ3v) is 3.56. The van der Waals surface area contributed by atoms with Crippen LogP contribution in [0.25, 0.3) is 0 Å². The van der Waals surface area contributed by atoms with Crippen LogP contribution in [0.4, 0.5) is 9.18 Å². The van der Waals surface area contributed by atoms with Crippen LogP contribution in [0.5, 0.6) is 5.75 Å². The van der Waals surface area contributed by atoms with Crippen molar-refractivity contribution in [3.05, 3.63) is 29.3 Å². The summed E-state index contributed by atoms with van der Waals surface area (Å²) in [5.74, 6) is 0.263. The Morgan fingerprint density at radius 1 is 1.40 bits per heavy atom. The third kappa shape index (κ3) is 2.11. The van der Waals surface area contributed by atoms with Crippen LogP contribution in [0.2, 0.25) is 0 Å². The molecule has 1 aliphatic heterocycles. The van der Waals surface area contributed by atoms with Crippen LogP contribution in [0.15, 0.2) is 18.2 Å². The van der Waals surface area contributed by atoms with E-state index in [1.54, 1.807) is 32.2 Å². The van der Waals surface area contributed by atoms with Crippen molar-refractivity contribution in [1.29, 1.82) is 0 Å². The van der Waals surface area contributed by atoms with Crippen LogP contribution in [0, 0.1) is 6.92 Å². The summed E-state index contributed by atoms with van der Waals surface area (Å²) in [4.78, 5) is 25.0. The van der Waals surface area contributed by atoms with Gasteiger partial charge in [-0.05, 0) is 37.1 Å². The van der Waals surface area contributed by atoms with Gasteiger partial charge in [0.05, 0.1) is 13.7 Å². The molecule has 1 heterocycles. The molecule has 0 radical (unpaired) electrons. The van der Waals surface area contributed by atoms with Gasteiger partial charge in [0.15, 0.2) is 0 Å². The van der Waals surface area contributed by atoms with Gasteiger partial charge in [-0.15, -0.1) is 0 Å². The Kier molecular flexibility index (Phi) is 3.65. The molecule has 1 fully saturated rings. The number of aryl methyl sites for hydroxylation is 1. The highest BCUT2D eigenvalue weighted by atomic mass is 19.1. The molecule has 1 aliphatic rings. The van der Waals surface area contributed by atoms with Crippen molar-refractivity contribution < 1.29 is 18.7 Å². The van der Waals surface area contributed by atoms with E-state index in [9.17, 15) is 14.0 Å². The minimum atomic E-state index is -1.16. The van der Waals surface area contributed by atoms with Gasteiger partial charge in [-0.25, -0.2) is 9.18 Å². The number of carbonyl (C=O) groups excluding carboxylic acids is 2. The maximum absolute atomic E-state index is 12.4. The Bertz CT molecular complexity index is 561. The Hall–Kier alpha value is -2.11. The second-order valence-electron chi connectivity index (χ2n) is 4.89. The van der Waals surface area contributed by atoms with E-state index in [0.29, 0.717) is 11.3 Å². The number of ether oxygens (including phenoxy) is 1. The first-order valence-electron chi connectivity index (χ1n) is 6.29. The van der Waals surface area contributed by atoms with E-state index in [4.69, 9.17) is 4.74 Å². The second-order valence-corrected chi connectivity index (χ2v) is 4.89. The molecular weight excluding hydrogens is 263 g/mol. The molecule has 0 aliphatic carbocycles. The lowest BCUT2D eigenvalue weighted by Crippen LogP contribution is -2.41. The number of alkyl halides is 1. The van der Waals surface area contributed by atoms with Crippen LogP contribution < -0.4 is 10.1 Å². The lowest BCUT2D eigenvalue weighted by molar-refractivity contribution is -0.131. The number of carbonyl (C=O) groups is 2.